The highest BCUT2D eigenvalue weighted by Crippen LogP contribution is 2.46. The Balaban J connectivity index is 1.51. The lowest BCUT2D eigenvalue weighted by Gasteiger charge is -2.56. The summed E-state index contributed by atoms with van der Waals surface area (Å²) in [6, 6.07) is 2.30. The SMILES string of the molecule is NCC(=O)N(c1ccc(O)c(F)c1)C1C(=O)N2CC(CSc3nnnn3CCC(N)=O)(C(=O)O)CS[C@H]12. The standard InChI is InChI=1S/C20H23FN8O6S2/c21-11-5-10(1-2-12(11)30)29(14(32)6-22)15-16(33)27-7-20(18(34)35,8-36-17(15)27)9-37-19-24-25-26-28(19)4-3-13(23)31/h1-2,5,15,17,30H,3-4,6-9,22H2,(H2,23,31)(H,34,35)/t15?,17-,20?/m1/s1. The molecule has 2 saturated heterocycles. The second kappa shape index (κ2) is 10.5. The minimum absolute atomic E-state index is 0.00677. The van der Waals surface area contributed by atoms with Crippen LogP contribution in [0.4, 0.5) is 10.1 Å². The van der Waals surface area contributed by atoms with E-state index in [1.807, 2.05) is 0 Å². The highest BCUT2D eigenvalue weighted by Gasteiger charge is 2.59. The van der Waals surface area contributed by atoms with Crippen LogP contribution in [0.1, 0.15) is 6.42 Å². The Morgan fingerprint density at radius 2 is 2.11 bits per heavy atom. The average molecular weight is 555 g/mol. The minimum atomic E-state index is -1.35. The number of carboxylic acid groups (broad SMARTS) is 1. The van der Waals surface area contributed by atoms with Gasteiger partial charge in [0.1, 0.15) is 16.8 Å². The number of anilines is 1. The Morgan fingerprint density at radius 3 is 2.76 bits per heavy atom. The van der Waals surface area contributed by atoms with E-state index in [9.17, 15) is 33.8 Å². The first-order valence-corrected chi connectivity index (χ1v) is 12.9. The number of thioether (sulfide) groups is 2. The number of aromatic nitrogens is 4. The molecule has 3 atom stereocenters. The molecule has 3 heterocycles. The van der Waals surface area contributed by atoms with Crippen molar-refractivity contribution < 1.29 is 33.8 Å². The second-order valence-corrected chi connectivity index (χ2v) is 10.5. The molecule has 1 aromatic carbocycles. The Morgan fingerprint density at radius 1 is 1.35 bits per heavy atom. The summed E-state index contributed by atoms with van der Waals surface area (Å²) >= 11 is 2.27. The first-order valence-electron chi connectivity index (χ1n) is 10.9. The molecular weight excluding hydrogens is 531 g/mol. The van der Waals surface area contributed by atoms with E-state index < -0.39 is 58.6 Å². The van der Waals surface area contributed by atoms with Gasteiger partial charge in [0.2, 0.25) is 22.9 Å². The molecule has 198 valence electrons. The van der Waals surface area contributed by atoms with Gasteiger partial charge in [-0.2, -0.15) is 0 Å². The summed E-state index contributed by atoms with van der Waals surface area (Å²) in [6.45, 7) is -0.430. The number of phenols is 1. The van der Waals surface area contributed by atoms with Crippen LogP contribution >= 0.6 is 23.5 Å². The smallest absolute Gasteiger partial charge is 0.313 e. The number of carbonyl (C=O) groups is 4. The number of nitrogens with zero attached hydrogens (tertiary/aromatic N) is 6. The number of primary amides is 1. The summed E-state index contributed by atoms with van der Waals surface area (Å²) in [5.74, 6) is -4.22. The molecule has 4 rings (SSSR count). The van der Waals surface area contributed by atoms with Gasteiger partial charge in [0.15, 0.2) is 11.6 Å². The lowest BCUT2D eigenvalue weighted by atomic mass is 9.89. The number of aromatic hydroxyl groups is 1. The van der Waals surface area contributed by atoms with Gasteiger partial charge in [0.05, 0.1) is 13.1 Å². The van der Waals surface area contributed by atoms with E-state index in [2.05, 4.69) is 15.5 Å². The van der Waals surface area contributed by atoms with E-state index in [-0.39, 0.29) is 36.7 Å². The zero-order valence-corrected chi connectivity index (χ0v) is 20.8. The summed E-state index contributed by atoms with van der Waals surface area (Å²) in [5, 5.41) is 30.5. The number of tetrazole rings is 1. The molecule has 2 fully saturated rings. The van der Waals surface area contributed by atoms with E-state index in [4.69, 9.17) is 11.5 Å². The van der Waals surface area contributed by atoms with Crippen molar-refractivity contribution in [3.63, 3.8) is 0 Å². The molecule has 2 aromatic rings. The van der Waals surface area contributed by atoms with E-state index in [1.54, 1.807) is 0 Å². The molecule has 17 heteroatoms. The maximum atomic E-state index is 14.0. The highest BCUT2D eigenvalue weighted by molar-refractivity contribution is 8.00. The maximum Gasteiger partial charge on any atom is 0.313 e. The van der Waals surface area contributed by atoms with Crippen molar-refractivity contribution in [1.29, 1.82) is 0 Å². The summed E-state index contributed by atoms with van der Waals surface area (Å²) < 4.78 is 15.4. The van der Waals surface area contributed by atoms with E-state index >= 15 is 0 Å². The molecule has 2 aliphatic heterocycles. The van der Waals surface area contributed by atoms with Gasteiger partial charge >= 0.3 is 5.97 Å². The molecule has 37 heavy (non-hydrogen) atoms. The van der Waals surface area contributed by atoms with Crippen LogP contribution < -0.4 is 16.4 Å². The van der Waals surface area contributed by atoms with Crippen molar-refractivity contribution in [2.75, 3.05) is 29.5 Å². The first kappa shape index (κ1) is 26.6. The highest BCUT2D eigenvalue weighted by atomic mass is 32.2. The van der Waals surface area contributed by atoms with Gasteiger partial charge in [0, 0.05) is 36.2 Å². The molecule has 2 aliphatic rings. The van der Waals surface area contributed by atoms with Crippen LogP contribution in [0.15, 0.2) is 23.4 Å². The molecule has 14 nitrogen and oxygen atoms in total. The fraction of sp³-hybridized carbons (Fsp3) is 0.450. The minimum Gasteiger partial charge on any atom is -0.505 e. The maximum absolute atomic E-state index is 14.0. The third kappa shape index (κ3) is 5.05. The number of hydrogen-bond donors (Lipinski definition) is 4. The molecule has 0 aliphatic carbocycles. The second-order valence-electron chi connectivity index (χ2n) is 8.49. The Bertz CT molecular complexity index is 1250. The lowest BCUT2D eigenvalue weighted by Crippen LogP contribution is -2.75. The molecular formula is C20H23FN8O6S2. The van der Waals surface area contributed by atoms with Crippen LogP contribution in [0, 0.1) is 11.2 Å². The van der Waals surface area contributed by atoms with Gasteiger partial charge in [-0.1, -0.05) is 11.8 Å². The number of rotatable bonds is 10. The van der Waals surface area contributed by atoms with Crippen LogP contribution in [-0.4, -0.2) is 95.0 Å². The number of halogens is 1. The van der Waals surface area contributed by atoms with Gasteiger partial charge in [-0.15, -0.1) is 16.9 Å². The zero-order chi connectivity index (χ0) is 26.9. The largest absolute Gasteiger partial charge is 0.505 e. The fourth-order valence-electron chi connectivity index (χ4n) is 4.05. The molecule has 1 aromatic heterocycles. The number of aryl methyl sites for hydroxylation is 1. The number of fused-ring (bicyclic) bond motifs is 1. The number of amides is 3. The number of carbonyl (C=O) groups excluding carboxylic acids is 3. The van der Waals surface area contributed by atoms with E-state index in [0.717, 1.165) is 28.8 Å². The Hall–Kier alpha value is -3.44. The average Bonchev–Trinajstić information content (AvgIpc) is 3.33. The summed E-state index contributed by atoms with van der Waals surface area (Å²) in [5.41, 5.74) is 9.41. The normalized spacial score (nSPS) is 22.8. The predicted molar refractivity (Wildman–Crippen MR) is 129 cm³/mol. The number of benzene rings is 1. The zero-order valence-electron chi connectivity index (χ0n) is 19.2. The molecule has 3 amide bonds. The number of phenolic OH excluding ortho intramolecular Hbond substituents is 1. The number of hydrogen-bond acceptors (Lipinski definition) is 11. The monoisotopic (exact) mass is 554 g/mol. The summed E-state index contributed by atoms with van der Waals surface area (Å²) in [7, 11) is 0. The van der Waals surface area contributed by atoms with Crippen LogP contribution in [0.2, 0.25) is 0 Å². The van der Waals surface area contributed by atoms with Crippen molar-refractivity contribution in [1.82, 2.24) is 25.1 Å². The Kier molecular flexibility index (Phi) is 7.56. The van der Waals surface area contributed by atoms with E-state index in [0.29, 0.717) is 5.16 Å². The first-order chi connectivity index (χ1) is 17.6. The van der Waals surface area contributed by atoms with Crippen molar-refractivity contribution in [2.24, 2.45) is 16.9 Å². The fourth-order valence-corrected chi connectivity index (χ4v) is 6.86. The van der Waals surface area contributed by atoms with Gasteiger partial charge in [-0.25, -0.2) is 9.07 Å². The molecule has 2 unspecified atom stereocenters. The van der Waals surface area contributed by atoms with Gasteiger partial charge in [-0.3, -0.25) is 24.1 Å². The van der Waals surface area contributed by atoms with Gasteiger partial charge < -0.3 is 26.6 Å². The molecule has 0 bridgehead atoms. The third-order valence-electron chi connectivity index (χ3n) is 6.05. The molecule has 6 N–H and O–H groups in total. The number of carboxylic acids is 1. The van der Waals surface area contributed by atoms with Crippen molar-refractivity contribution >= 4 is 52.9 Å². The quantitative estimate of drug-likeness (QED) is 0.202. The van der Waals surface area contributed by atoms with Crippen LogP contribution in [0.3, 0.4) is 0 Å². The van der Waals surface area contributed by atoms with Crippen LogP contribution in [0.25, 0.3) is 0 Å². The lowest BCUT2D eigenvalue weighted by molar-refractivity contribution is -0.156. The molecule has 0 saturated carbocycles. The van der Waals surface area contributed by atoms with Crippen molar-refractivity contribution in [3.8, 4) is 5.75 Å². The number of β-lactam (4-membered cyclic amide) rings is 1. The third-order valence-corrected chi connectivity index (χ3v) is 8.87. The van der Waals surface area contributed by atoms with Crippen molar-refractivity contribution in [2.45, 2.75) is 29.5 Å². The predicted octanol–water partition coefficient (Wildman–Crippen LogP) is -1.17. The van der Waals surface area contributed by atoms with E-state index in [1.165, 1.54) is 27.4 Å². The van der Waals surface area contributed by atoms with Crippen LogP contribution in [0.5, 0.6) is 5.75 Å². The molecule has 0 spiro atoms. The number of aliphatic carboxylic acids is 1. The summed E-state index contributed by atoms with van der Waals surface area (Å²) in [4.78, 5) is 51.7. The number of nitrogens with two attached hydrogens (primary N) is 2. The van der Waals surface area contributed by atoms with Crippen molar-refractivity contribution in [3.05, 3.63) is 24.0 Å². The van der Waals surface area contributed by atoms with Gasteiger partial charge in [-0.05, 0) is 22.6 Å². The topological polar surface area (TPSA) is 211 Å². The van der Waals surface area contributed by atoms with Gasteiger partial charge in [0.25, 0.3) is 0 Å². The Labute approximate surface area is 217 Å². The molecule has 0 radical (unpaired) electrons. The van der Waals surface area contributed by atoms with Crippen LogP contribution in [-0.2, 0) is 25.7 Å². The summed E-state index contributed by atoms with van der Waals surface area (Å²) in [6.07, 6.45) is 0.00677.